The molecule has 0 unspecified atom stereocenters. The smallest absolute Gasteiger partial charge is 0.744 e. The summed E-state index contributed by atoms with van der Waals surface area (Å²) >= 11 is 0. The molecule has 0 fully saturated rings. The molecule has 1 aromatic carbocycles. The van der Waals surface area contributed by atoms with Crippen LogP contribution < -0.4 is 29.6 Å². The number of hydrogen-bond acceptors (Lipinski definition) is 4. The fraction of sp³-hybridized carbons (Fsp3) is 0.333. The van der Waals surface area contributed by atoms with Crippen LogP contribution in [0.1, 0.15) is 11.1 Å². The predicted octanol–water partition coefficient (Wildman–Crippen LogP) is -1.24. The van der Waals surface area contributed by atoms with Crippen LogP contribution in [0, 0.1) is 0 Å². The Morgan fingerprint density at radius 2 is 1.89 bits per heavy atom. The molecule has 96 valence electrons. The molecule has 0 saturated heterocycles. The fourth-order valence-electron chi connectivity index (χ4n) is 1.37. The number of hydrogen-bond donors (Lipinski definition) is 0. The van der Waals surface area contributed by atoms with Gasteiger partial charge in [0.2, 0.25) is 0 Å². The fourth-order valence-corrected chi connectivity index (χ4v) is 2.27. The SMILES string of the molecule is COCc1cccc(C(F)(F)F)c1S(=O)(=O)[O-].[Na+]. The van der Waals surface area contributed by atoms with Gasteiger partial charge in [-0.2, -0.15) is 13.2 Å². The zero-order valence-electron chi connectivity index (χ0n) is 9.61. The maximum atomic E-state index is 12.6. The van der Waals surface area contributed by atoms with Gasteiger partial charge in [-0.25, -0.2) is 8.42 Å². The van der Waals surface area contributed by atoms with Crippen molar-refractivity contribution in [1.82, 2.24) is 0 Å². The molecule has 0 radical (unpaired) electrons. The Kier molecular flexibility index (Phi) is 6.31. The van der Waals surface area contributed by atoms with Gasteiger partial charge in [0.05, 0.1) is 17.1 Å². The van der Waals surface area contributed by atoms with E-state index < -0.39 is 26.8 Å². The molecule has 0 atom stereocenters. The molecule has 0 amide bonds. The van der Waals surface area contributed by atoms with E-state index in [1.54, 1.807) is 0 Å². The van der Waals surface area contributed by atoms with Gasteiger partial charge in [-0.05, 0) is 11.6 Å². The monoisotopic (exact) mass is 292 g/mol. The average Bonchev–Trinajstić information content (AvgIpc) is 2.14. The molecular formula is C9H8F3NaO4S. The molecule has 0 heterocycles. The van der Waals surface area contributed by atoms with E-state index in [0.717, 1.165) is 12.1 Å². The molecular weight excluding hydrogens is 284 g/mol. The van der Waals surface area contributed by atoms with E-state index in [1.807, 2.05) is 0 Å². The van der Waals surface area contributed by atoms with Crippen LogP contribution in [0.25, 0.3) is 0 Å². The Morgan fingerprint density at radius 1 is 1.33 bits per heavy atom. The van der Waals surface area contributed by atoms with Gasteiger partial charge in [-0.3, -0.25) is 0 Å². The standard InChI is InChI=1S/C9H9F3O4S.Na/c1-16-5-6-3-2-4-7(9(10,11)12)8(6)17(13,14)15;/h2-4H,5H2,1H3,(H,13,14,15);/q;+1/p-1. The topological polar surface area (TPSA) is 66.4 Å². The molecule has 1 rings (SSSR count). The van der Waals surface area contributed by atoms with Gasteiger partial charge in [-0.1, -0.05) is 12.1 Å². The zero-order valence-corrected chi connectivity index (χ0v) is 12.4. The third-order valence-corrected chi connectivity index (χ3v) is 2.93. The van der Waals surface area contributed by atoms with E-state index in [2.05, 4.69) is 4.74 Å². The van der Waals surface area contributed by atoms with Gasteiger partial charge < -0.3 is 9.29 Å². The molecule has 0 aliphatic rings. The quantitative estimate of drug-likeness (QED) is 0.516. The first-order valence-corrected chi connectivity index (χ1v) is 5.72. The second-order valence-electron chi connectivity index (χ2n) is 3.18. The van der Waals surface area contributed by atoms with E-state index in [4.69, 9.17) is 0 Å². The Labute approximate surface area is 124 Å². The molecule has 0 aliphatic carbocycles. The molecule has 0 spiro atoms. The second kappa shape index (κ2) is 6.36. The van der Waals surface area contributed by atoms with Gasteiger partial charge in [-0.15, -0.1) is 0 Å². The van der Waals surface area contributed by atoms with Crippen LogP contribution in [-0.2, 0) is 27.6 Å². The molecule has 1 aromatic rings. The maximum Gasteiger partial charge on any atom is 1.00 e. The number of halogens is 3. The third kappa shape index (κ3) is 4.22. The normalized spacial score (nSPS) is 12.1. The molecule has 0 N–H and O–H groups in total. The van der Waals surface area contributed by atoms with E-state index in [-0.39, 0.29) is 41.7 Å². The number of rotatable bonds is 3. The van der Waals surface area contributed by atoms with Crippen molar-refractivity contribution in [2.24, 2.45) is 0 Å². The van der Waals surface area contributed by atoms with Crippen LogP contribution in [0.3, 0.4) is 0 Å². The van der Waals surface area contributed by atoms with Gasteiger partial charge in [0, 0.05) is 7.11 Å². The van der Waals surface area contributed by atoms with Crippen LogP contribution in [0.4, 0.5) is 13.2 Å². The molecule has 0 saturated carbocycles. The van der Waals surface area contributed by atoms with Crippen molar-refractivity contribution in [3.8, 4) is 0 Å². The summed E-state index contributed by atoms with van der Waals surface area (Å²) in [5, 5.41) is 0. The van der Waals surface area contributed by atoms with Gasteiger partial charge in [0.25, 0.3) is 0 Å². The summed E-state index contributed by atoms with van der Waals surface area (Å²) in [5.41, 5.74) is -1.78. The van der Waals surface area contributed by atoms with Crippen molar-refractivity contribution in [3.05, 3.63) is 29.3 Å². The Balaban J connectivity index is 0.00000289. The maximum absolute atomic E-state index is 12.6. The number of methoxy groups -OCH3 is 1. The van der Waals surface area contributed by atoms with Crippen molar-refractivity contribution < 1.29 is 60.4 Å². The van der Waals surface area contributed by atoms with E-state index in [9.17, 15) is 26.1 Å². The minimum atomic E-state index is -5.22. The second-order valence-corrected chi connectivity index (χ2v) is 4.50. The average molecular weight is 292 g/mol. The van der Waals surface area contributed by atoms with Crippen molar-refractivity contribution in [2.75, 3.05) is 7.11 Å². The summed E-state index contributed by atoms with van der Waals surface area (Å²) in [4.78, 5) is -1.27. The minimum Gasteiger partial charge on any atom is -0.744 e. The molecule has 9 heteroatoms. The predicted molar refractivity (Wildman–Crippen MR) is 50.1 cm³/mol. The molecule has 0 bridgehead atoms. The summed E-state index contributed by atoms with van der Waals surface area (Å²) in [6.45, 7) is -0.388. The first-order valence-electron chi connectivity index (χ1n) is 4.32. The van der Waals surface area contributed by atoms with Crippen LogP contribution in [0.2, 0.25) is 0 Å². The summed E-state index contributed by atoms with van der Waals surface area (Å²) in [5.74, 6) is 0. The van der Waals surface area contributed by atoms with Crippen LogP contribution >= 0.6 is 0 Å². The van der Waals surface area contributed by atoms with E-state index in [0.29, 0.717) is 6.07 Å². The Morgan fingerprint density at radius 3 is 2.28 bits per heavy atom. The molecule has 18 heavy (non-hydrogen) atoms. The van der Waals surface area contributed by atoms with E-state index in [1.165, 1.54) is 7.11 Å². The zero-order chi connectivity index (χ0) is 13.3. The van der Waals surface area contributed by atoms with Crippen molar-refractivity contribution in [1.29, 1.82) is 0 Å². The van der Waals surface area contributed by atoms with Crippen LogP contribution in [-0.4, -0.2) is 20.1 Å². The Hall–Kier alpha value is -0.120. The first kappa shape index (κ1) is 17.9. The summed E-state index contributed by atoms with van der Waals surface area (Å²) in [6.07, 6.45) is -4.91. The van der Waals surface area contributed by atoms with Crippen LogP contribution in [0.15, 0.2) is 23.1 Å². The molecule has 0 aromatic heterocycles. The summed E-state index contributed by atoms with van der Waals surface area (Å²) in [6, 6.07) is 2.67. The number of alkyl halides is 3. The van der Waals surface area contributed by atoms with Crippen molar-refractivity contribution in [2.45, 2.75) is 17.7 Å². The van der Waals surface area contributed by atoms with Crippen LogP contribution in [0.5, 0.6) is 0 Å². The molecule has 4 nitrogen and oxygen atoms in total. The third-order valence-electron chi connectivity index (χ3n) is 1.95. The van der Waals surface area contributed by atoms with Gasteiger partial charge in [0.1, 0.15) is 10.1 Å². The molecule has 0 aliphatic heterocycles. The Bertz CT molecular complexity index is 513. The summed E-state index contributed by atoms with van der Waals surface area (Å²) in [7, 11) is -4.04. The minimum absolute atomic E-state index is 0. The van der Waals surface area contributed by atoms with Gasteiger partial charge in [0.15, 0.2) is 0 Å². The largest absolute Gasteiger partial charge is 1.00 e. The van der Waals surface area contributed by atoms with E-state index >= 15 is 0 Å². The number of benzene rings is 1. The first-order chi connectivity index (χ1) is 7.68. The van der Waals surface area contributed by atoms with Crippen molar-refractivity contribution in [3.63, 3.8) is 0 Å². The van der Waals surface area contributed by atoms with Crippen molar-refractivity contribution >= 4 is 10.1 Å². The summed E-state index contributed by atoms with van der Waals surface area (Å²) < 4.78 is 74.9. The number of ether oxygens (including phenoxy) is 1. The van der Waals surface area contributed by atoms with Gasteiger partial charge >= 0.3 is 35.7 Å².